The molecule has 2 aromatic carbocycles. The number of aromatic nitrogens is 3. The first-order valence-corrected chi connectivity index (χ1v) is 9.62. The number of carbonyl (C=O) groups excluding carboxylic acids is 1. The van der Waals surface area contributed by atoms with Gasteiger partial charge in [-0.1, -0.05) is 35.9 Å². The lowest BCUT2D eigenvalue weighted by Gasteiger charge is -2.29. The van der Waals surface area contributed by atoms with Gasteiger partial charge in [0.2, 0.25) is 5.95 Å². The summed E-state index contributed by atoms with van der Waals surface area (Å²) >= 11 is 6.22. The maximum Gasteiger partial charge on any atom is 0.255 e. The minimum absolute atomic E-state index is 0.256. The average molecular weight is 410 g/mol. The van der Waals surface area contributed by atoms with Crippen LogP contribution in [0.25, 0.3) is 0 Å². The summed E-state index contributed by atoms with van der Waals surface area (Å²) in [6.45, 7) is 4.25. The van der Waals surface area contributed by atoms with Crippen molar-refractivity contribution in [2.75, 3.05) is 17.2 Å². The summed E-state index contributed by atoms with van der Waals surface area (Å²) < 4.78 is 7.31. The molecule has 1 aliphatic rings. The Labute approximate surface area is 173 Å². The molecule has 29 heavy (non-hydrogen) atoms. The lowest BCUT2D eigenvalue weighted by Crippen LogP contribution is -2.31. The molecule has 1 aromatic heterocycles. The molecule has 0 saturated heterocycles. The first kappa shape index (κ1) is 19.0. The fourth-order valence-electron chi connectivity index (χ4n) is 3.41. The van der Waals surface area contributed by atoms with E-state index in [0.717, 1.165) is 5.56 Å². The van der Waals surface area contributed by atoms with E-state index in [1.165, 1.54) is 6.33 Å². The van der Waals surface area contributed by atoms with Crippen LogP contribution < -0.4 is 15.4 Å². The van der Waals surface area contributed by atoms with Crippen molar-refractivity contribution in [1.29, 1.82) is 0 Å². The van der Waals surface area contributed by atoms with E-state index in [1.807, 2.05) is 56.3 Å². The summed E-state index contributed by atoms with van der Waals surface area (Å²) in [5, 5.41) is 11.0. The molecule has 0 spiro atoms. The Balaban J connectivity index is 1.75. The number of benzene rings is 2. The van der Waals surface area contributed by atoms with Gasteiger partial charge >= 0.3 is 0 Å². The van der Waals surface area contributed by atoms with Crippen LogP contribution in [-0.4, -0.2) is 27.3 Å². The molecule has 1 atom stereocenters. The summed E-state index contributed by atoms with van der Waals surface area (Å²) in [6.07, 6.45) is 1.46. The number of rotatable bonds is 5. The van der Waals surface area contributed by atoms with Gasteiger partial charge in [0.15, 0.2) is 0 Å². The third kappa shape index (κ3) is 3.69. The fourth-order valence-corrected chi connectivity index (χ4v) is 3.61. The zero-order chi connectivity index (χ0) is 20.4. The van der Waals surface area contributed by atoms with Gasteiger partial charge < -0.3 is 15.4 Å². The average Bonchev–Trinajstić information content (AvgIpc) is 3.16. The SMILES string of the molecule is CCOc1ccccc1NC(=O)C1=C(C)Nc2ncnn2C1c1cccc(Cl)c1. The van der Waals surface area contributed by atoms with Crippen LogP contribution in [0.5, 0.6) is 5.75 Å². The second-order valence-corrected chi connectivity index (χ2v) is 6.97. The molecule has 2 N–H and O–H groups in total. The van der Waals surface area contributed by atoms with Crippen molar-refractivity contribution < 1.29 is 9.53 Å². The van der Waals surface area contributed by atoms with Crippen molar-refractivity contribution in [2.24, 2.45) is 0 Å². The molecule has 0 bridgehead atoms. The Morgan fingerprint density at radius 2 is 2.10 bits per heavy atom. The summed E-state index contributed by atoms with van der Waals surface area (Å²) in [5.74, 6) is 0.929. The molecular weight excluding hydrogens is 390 g/mol. The van der Waals surface area contributed by atoms with Crippen molar-refractivity contribution in [2.45, 2.75) is 19.9 Å². The molecular formula is C21H20ClN5O2. The topological polar surface area (TPSA) is 81.1 Å². The molecule has 148 valence electrons. The summed E-state index contributed by atoms with van der Waals surface area (Å²) in [5.41, 5.74) is 2.67. The third-order valence-electron chi connectivity index (χ3n) is 4.64. The Morgan fingerprint density at radius 3 is 2.90 bits per heavy atom. The number of amides is 1. The van der Waals surface area contributed by atoms with Crippen LogP contribution in [0.4, 0.5) is 11.6 Å². The lowest BCUT2D eigenvalue weighted by molar-refractivity contribution is -0.113. The monoisotopic (exact) mass is 409 g/mol. The number of para-hydroxylation sites is 2. The van der Waals surface area contributed by atoms with Crippen LogP contribution >= 0.6 is 11.6 Å². The van der Waals surface area contributed by atoms with Crippen LogP contribution in [0.2, 0.25) is 5.02 Å². The Morgan fingerprint density at radius 1 is 1.28 bits per heavy atom. The number of fused-ring (bicyclic) bond motifs is 1. The maximum absolute atomic E-state index is 13.4. The fraction of sp³-hybridized carbons (Fsp3) is 0.190. The molecule has 0 fully saturated rings. The van der Waals surface area contributed by atoms with E-state index in [9.17, 15) is 4.79 Å². The van der Waals surface area contributed by atoms with Gasteiger partial charge in [-0.05, 0) is 43.7 Å². The van der Waals surface area contributed by atoms with Crippen LogP contribution in [-0.2, 0) is 4.79 Å². The standard InChI is InChI=1S/C21H20ClN5O2/c1-3-29-17-10-5-4-9-16(17)26-20(28)18-13(2)25-21-23-12-24-27(21)19(18)14-7-6-8-15(22)11-14/h4-12,19H,3H2,1-2H3,(H,26,28)(H,23,24,25). The van der Waals surface area contributed by atoms with E-state index in [0.29, 0.717) is 40.3 Å². The molecule has 0 radical (unpaired) electrons. The van der Waals surface area contributed by atoms with Crippen LogP contribution in [0.15, 0.2) is 66.1 Å². The van der Waals surface area contributed by atoms with Crippen LogP contribution in [0.3, 0.4) is 0 Å². The highest BCUT2D eigenvalue weighted by molar-refractivity contribution is 6.30. The van der Waals surface area contributed by atoms with Crippen molar-refractivity contribution in [3.63, 3.8) is 0 Å². The minimum atomic E-state index is -0.466. The molecule has 1 amide bonds. The van der Waals surface area contributed by atoms with Gasteiger partial charge in [-0.2, -0.15) is 10.1 Å². The molecule has 7 nitrogen and oxygen atoms in total. The molecule has 0 aliphatic carbocycles. The van der Waals surface area contributed by atoms with Gasteiger partial charge in [-0.3, -0.25) is 4.79 Å². The molecule has 8 heteroatoms. The van der Waals surface area contributed by atoms with E-state index in [-0.39, 0.29) is 5.91 Å². The number of hydrogen-bond donors (Lipinski definition) is 2. The van der Waals surface area contributed by atoms with E-state index in [4.69, 9.17) is 16.3 Å². The van der Waals surface area contributed by atoms with Gasteiger partial charge in [0.1, 0.15) is 18.1 Å². The Hall–Kier alpha value is -3.32. The summed E-state index contributed by atoms with van der Waals surface area (Å²) in [6, 6.07) is 14.3. The van der Waals surface area contributed by atoms with Gasteiger partial charge in [0.25, 0.3) is 5.91 Å². The van der Waals surface area contributed by atoms with Gasteiger partial charge in [-0.15, -0.1) is 0 Å². The zero-order valence-corrected chi connectivity index (χ0v) is 16.8. The number of anilines is 2. The van der Waals surface area contributed by atoms with Crippen molar-refractivity contribution in [3.05, 3.63) is 76.7 Å². The van der Waals surface area contributed by atoms with Gasteiger partial charge in [0.05, 0.1) is 17.9 Å². The third-order valence-corrected chi connectivity index (χ3v) is 4.87. The largest absolute Gasteiger partial charge is 0.492 e. The highest BCUT2D eigenvalue weighted by Crippen LogP contribution is 2.36. The second kappa shape index (κ2) is 7.97. The highest BCUT2D eigenvalue weighted by atomic mass is 35.5. The predicted molar refractivity (Wildman–Crippen MR) is 112 cm³/mol. The molecule has 1 aliphatic heterocycles. The lowest BCUT2D eigenvalue weighted by atomic mass is 9.95. The van der Waals surface area contributed by atoms with E-state index in [1.54, 1.807) is 10.7 Å². The second-order valence-electron chi connectivity index (χ2n) is 6.53. The first-order chi connectivity index (χ1) is 14.1. The number of carbonyl (C=O) groups is 1. The maximum atomic E-state index is 13.4. The molecule has 0 saturated carbocycles. The molecule has 2 heterocycles. The van der Waals surface area contributed by atoms with E-state index < -0.39 is 6.04 Å². The van der Waals surface area contributed by atoms with Gasteiger partial charge in [0, 0.05) is 10.7 Å². The van der Waals surface area contributed by atoms with Gasteiger partial charge in [-0.25, -0.2) is 4.68 Å². The number of ether oxygens (including phenoxy) is 1. The quantitative estimate of drug-likeness (QED) is 0.658. The normalized spacial score (nSPS) is 15.5. The first-order valence-electron chi connectivity index (χ1n) is 9.24. The number of nitrogens with zero attached hydrogens (tertiary/aromatic N) is 3. The number of allylic oxidation sites excluding steroid dienone is 1. The Bertz CT molecular complexity index is 1090. The number of nitrogens with one attached hydrogen (secondary N) is 2. The molecule has 4 rings (SSSR count). The Kier molecular flexibility index (Phi) is 5.22. The van der Waals surface area contributed by atoms with E-state index in [2.05, 4.69) is 20.7 Å². The van der Waals surface area contributed by atoms with Crippen molar-refractivity contribution in [3.8, 4) is 5.75 Å². The number of halogens is 1. The van der Waals surface area contributed by atoms with Crippen LogP contribution in [0.1, 0.15) is 25.5 Å². The van der Waals surface area contributed by atoms with Crippen molar-refractivity contribution in [1.82, 2.24) is 14.8 Å². The van der Waals surface area contributed by atoms with Crippen LogP contribution in [0, 0.1) is 0 Å². The zero-order valence-electron chi connectivity index (χ0n) is 16.0. The van der Waals surface area contributed by atoms with E-state index >= 15 is 0 Å². The highest BCUT2D eigenvalue weighted by Gasteiger charge is 2.33. The number of hydrogen-bond acceptors (Lipinski definition) is 5. The summed E-state index contributed by atoms with van der Waals surface area (Å²) in [4.78, 5) is 17.6. The minimum Gasteiger partial charge on any atom is -0.492 e. The molecule has 1 unspecified atom stereocenters. The van der Waals surface area contributed by atoms with Crippen molar-refractivity contribution >= 4 is 29.1 Å². The summed E-state index contributed by atoms with van der Waals surface area (Å²) in [7, 11) is 0. The predicted octanol–water partition coefficient (Wildman–Crippen LogP) is 4.26. The molecule has 3 aromatic rings. The smallest absolute Gasteiger partial charge is 0.255 e.